The molecule has 2 N–H and O–H groups in total. The van der Waals surface area contributed by atoms with E-state index < -0.39 is 0 Å². The van der Waals surface area contributed by atoms with Gasteiger partial charge in [0.15, 0.2) is 0 Å². The molecule has 0 spiro atoms. The summed E-state index contributed by atoms with van der Waals surface area (Å²) in [7, 11) is 0. The normalized spacial score (nSPS) is 14.0. The number of aryl methyl sites for hydroxylation is 2. The average molecular weight is 387 g/mol. The maximum absolute atomic E-state index is 12.8. The molecule has 0 aliphatic heterocycles. The Morgan fingerprint density at radius 3 is 2.87 bits per heavy atom. The molecule has 2 aromatic heterocycles. The van der Waals surface area contributed by atoms with Crippen LogP contribution in [-0.4, -0.2) is 10.8 Å². The first-order valence-electron chi connectivity index (χ1n) is 7.64. The summed E-state index contributed by atoms with van der Waals surface area (Å²) in [6, 6.07) is 9.54. The van der Waals surface area contributed by atoms with Crippen molar-refractivity contribution in [3.63, 3.8) is 0 Å². The third-order valence-corrected chi connectivity index (χ3v) is 5.90. The zero-order valence-corrected chi connectivity index (χ0v) is 14.8. The number of halogens is 1. The van der Waals surface area contributed by atoms with Crippen molar-refractivity contribution in [1.82, 2.24) is 4.98 Å². The molecule has 0 fully saturated rings. The molecular formula is C18H15BrN2OS. The lowest BCUT2D eigenvalue weighted by molar-refractivity contribution is 0.104. The number of aromatic nitrogens is 1. The van der Waals surface area contributed by atoms with Crippen LogP contribution in [0.2, 0.25) is 0 Å². The van der Waals surface area contributed by atoms with Crippen molar-refractivity contribution in [1.29, 1.82) is 0 Å². The van der Waals surface area contributed by atoms with E-state index in [1.165, 1.54) is 35.4 Å². The highest BCUT2D eigenvalue weighted by atomic mass is 79.9. The Bertz CT molecular complexity index is 932. The number of hydrogen-bond acceptors (Lipinski definition) is 4. The number of benzene rings is 1. The van der Waals surface area contributed by atoms with Gasteiger partial charge in [-0.2, -0.15) is 0 Å². The fourth-order valence-electron chi connectivity index (χ4n) is 3.09. The van der Waals surface area contributed by atoms with Crippen molar-refractivity contribution < 1.29 is 4.79 Å². The number of nitrogen functional groups attached to an aromatic ring is 1. The molecule has 23 heavy (non-hydrogen) atoms. The fourth-order valence-corrected chi connectivity index (χ4v) is 4.55. The van der Waals surface area contributed by atoms with E-state index in [-0.39, 0.29) is 5.78 Å². The van der Waals surface area contributed by atoms with E-state index in [4.69, 9.17) is 10.7 Å². The Hall–Kier alpha value is -1.72. The van der Waals surface area contributed by atoms with Gasteiger partial charge < -0.3 is 5.73 Å². The van der Waals surface area contributed by atoms with Gasteiger partial charge in [-0.3, -0.25) is 4.79 Å². The van der Waals surface area contributed by atoms with Gasteiger partial charge in [-0.25, -0.2) is 4.98 Å². The lowest BCUT2D eigenvalue weighted by atomic mass is 9.95. The van der Waals surface area contributed by atoms with E-state index in [1.807, 2.05) is 24.3 Å². The number of rotatable bonds is 2. The van der Waals surface area contributed by atoms with Crippen molar-refractivity contribution in [2.75, 3.05) is 5.73 Å². The summed E-state index contributed by atoms with van der Waals surface area (Å²) in [6.07, 6.45) is 4.48. The zero-order chi connectivity index (χ0) is 16.0. The molecule has 4 rings (SSSR count). The SMILES string of the molecule is Nc1c(C(=O)c2cccc(Br)c2)sc2nc3c(cc12)CCCC3. The summed E-state index contributed by atoms with van der Waals surface area (Å²) < 4.78 is 0.886. The van der Waals surface area contributed by atoms with Gasteiger partial charge in [0.2, 0.25) is 5.78 Å². The van der Waals surface area contributed by atoms with Gasteiger partial charge in [-0.05, 0) is 49.4 Å². The highest BCUT2D eigenvalue weighted by Gasteiger charge is 2.21. The Labute approximate surface area is 146 Å². The molecule has 3 aromatic rings. The van der Waals surface area contributed by atoms with Crippen LogP contribution in [0, 0.1) is 0 Å². The molecule has 116 valence electrons. The molecule has 1 aliphatic rings. The average Bonchev–Trinajstić information content (AvgIpc) is 2.88. The highest BCUT2D eigenvalue weighted by Crippen LogP contribution is 2.36. The number of carbonyl (C=O) groups excluding carboxylic acids is 1. The molecule has 0 saturated heterocycles. The maximum Gasteiger partial charge on any atom is 0.205 e. The molecule has 0 unspecified atom stereocenters. The van der Waals surface area contributed by atoms with Crippen molar-refractivity contribution in [2.24, 2.45) is 0 Å². The van der Waals surface area contributed by atoms with Crippen LogP contribution in [0.4, 0.5) is 5.69 Å². The third kappa shape index (κ3) is 2.58. The minimum Gasteiger partial charge on any atom is -0.397 e. The summed E-state index contributed by atoms with van der Waals surface area (Å²) in [4.78, 5) is 19.0. The minimum atomic E-state index is -0.0372. The number of nitrogens with zero attached hydrogens (tertiary/aromatic N) is 1. The number of nitrogens with two attached hydrogens (primary N) is 1. The van der Waals surface area contributed by atoms with Crippen LogP contribution in [0.1, 0.15) is 39.3 Å². The van der Waals surface area contributed by atoms with Gasteiger partial charge in [0.1, 0.15) is 9.71 Å². The van der Waals surface area contributed by atoms with Gasteiger partial charge in [0.05, 0.1) is 5.69 Å². The predicted octanol–water partition coefficient (Wildman–Crippen LogP) is 4.75. The van der Waals surface area contributed by atoms with Crippen LogP contribution in [0.15, 0.2) is 34.8 Å². The van der Waals surface area contributed by atoms with Gasteiger partial charge in [0.25, 0.3) is 0 Å². The Balaban J connectivity index is 1.84. The van der Waals surface area contributed by atoms with Crippen LogP contribution >= 0.6 is 27.3 Å². The molecule has 0 amide bonds. The van der Waals surface area contributed by atoms with Gasteiger partial charge in [0, 0.05) is 21.1 Å². The lowest BCUT2D eigenvalue weighted by Gasteiger charge is -2.14. The monoisotopic (exact) mass is 386 g/mol. The topological polar surface area (TPSA) is 56.0 Å². The van der Waals surface area contributed by atoms with Gasteiger partial charge in [-0.1, -0.05) is 28.1 Å². The number of carbonyl (C=O) groups is 1. The molecule has 2 heterocycles. The summed E-state index contributed by atoms with van der Waals surface area (Å²) in [5.41, 5.74) is 9.95. The first-order valence-corrected chi connectivity index (χ1v) is 9.25. The second-order valence-corrected chi connectivity index (χ2v) is 7.75. The summed E-state index contributed by atoms with van der Waals surface area (Å²) in [5, 5.41) is 0.925. The molecule has 0 radical (unpaired) electrons. The zero-order valence-electron chi connectivity index (χ0n) is 12.4. The van der Waals surface area contributed by atoms with Crippen LogP contribution in [0.5, 0.6) is 0 Å². The van der Waals surface area contributed by atoms with E-state index in [0.717, 1.165) is 27.5 Å². The molecule has 0 atom stereocenters. The van der Waals surface area contributed by atoms with Crippen LogP contribution in [0.3, 0.4) is 0 Å². The van der Waals surface area contributed by atoms with Gasteiger partial charge in [-0.15, -0.1) is 11.3 Å². The van der Waals surface area contributed by atoms with Crippen molar-refractivity contribution in [3.8, 4) is 0 Å². The smallest absolute Gasteiger partial charge is 0.205 e. The predicted molar refractivity (Wildman–Crippen MR) is 98.2 cm³/mol. The van der Waals surface area contributed by atoms with E-state index in [0.29, 0.717) is 16.1 Å². The Morgan fingerprint density at radius 1 is 1.22 bits per heavy atom. The molecular weight excluding hydrogens is 372 g/mol. The second kappa shape index (κ2) is 5.73. The number of ketones is 1. The quantitative estimate of drug-likeness (QED) is 0.646. The molecule has 0 saturated carbocycles. The molecule has 1 aromatic carbocycles. The highest BCUT2D eigenvalue weighted by molar-refractivity contribution is 9.10. The van der Waals surface area contributed by atoms with E-state index >= 15 is 0 Å². The Kier molecular flexibility index (Phi) is 3.70. The van der Waals surface area contributed by atoms with E-state index in [1.54, 1.807) is 0 Å². The van der Waals surface area contributed by atoms with Crippen LogP contribution in [0.25, 0.3) is 10.2 Å². The standard InChI is InChI=1S/C18H15BrN2OS/c19-12-6-3-5-11(8-12)16(22)17-15(20)13-9-10-4-1-2-7-14(10)21-18(13)23-17/h3,5-6,8-9H,1-2,4,7,20H2. The largest absolute Gasteiger partial charge is 0.397 e. The second-order valence-electron chi connectivity index (χ2n) is 5.84. The Morgan fingerprint density at radius 2 is 2.04 bits per heavy atom. The minimum absolute atomic E-state index is 0.0372. The molecule has 1 aliphatic carbocycles. The lowest BCUT2D eigenvalue weighted by Crippen LogP contribution is -2.05. The maximum atomic E-state index is 12.8. The summed E-state index contributed by atoms with van der Waals surface area (Å²) in [5.74, 6) is -0.0372. The third-order valence-electron chi connectivity index (χ3n) is 4.29. The summed E-state index contributed by atoms with van der Waals surface area (Å²) in [6.45, 7) is 0. The number of pyridine rings is 1. The van der Waals surface area contributed by atoms with Crippen molar-refractivity contribution in [2.45, 2.75) is 25.7 Å². The number of thiophene rings is 1. The van der Waals surface area contributed by atoms with E-state index in [9.17, 15) is 4.79 Å². The first-order chi connectivity index (χ1) is 11.1. The molecule has 0 bridgehead atoms. The van der Waals surface area contributed by atoms with Crippen LogP contribution in [-0.2, 0) is 12.8 Å². The van der Waals surface area contributed by atoms with Crippen molar-refractivity contribution >= 4 is 49.0 Å². The molecule has 5 heteroatoms. The first kappa shape index (κ1) is 14.8. The number of anilines is 1. The molecule has 3 nitrogen and oxygen atoms in total. The van der Waals surface area contributed by atoms with Crippen molar-refractivity contribution in [3.05, 3.63) is 56.5 Å². The van der Waals surface area contributed by atoms with Crippen LogP contribution < -0.4 is 5.73 Å². The number of hydrogen-bond donors (Lipinski definition) is 1. The fraction of sp³-hybridized carbons (Fsp3) is 0.222. The number of fused-ring (bicyclic) bond motifs is 2. The van der Waals surface area contributed by atoms with Gasteiger partial charge >= 0.3 is 0 Å². The summed E-state index contributed by atoms with van der Waals surface area (Å²) >= 11 is 4.81. The van der Waals surface area contributed by atoms with E-state index in [2.05, 4.69) is 22.0 Å².